The Labute approximate surface area is 171 Å². The van der Waals surface area contributed by atoms with Crippen LogP contribution in [0.1, 0.15) is 5.56 Å². The van der Waals surface area contributed by atoms with Crippen molar-refractivity contribution in [1.29, 1.82) is 0 Å². The second-order valence-corrected chi connectivity index (χ2v) is 7.29. The Balaban J connectivity index is 1.27. The Kier molecular flexibility index (Phi) is 4.61. The van der Waals surface area contributed by atoms with E-state index in [9.17, 15) is 4.79 Å². The predicted molar refractivity (Wildman–Crippen MR) is 107 cm³/mol. The number of carbonyl (C=O) groups is 1. The number of nitrogens with zero attached hydrogens (tertiary/aromatic N) is 4. The molecule has 1 fully saturated rings. The first-order valence-electron chi connectivity index (χ1n) is 9.56. The van der Waals surface area contributed by atoms with Crippen LogP contribution in [0.3, 0.4) is 0 Å². The fourth-order valence-electron chi connectivity index (χ4n) is 3.43. The second-order valence-electron chi connectivity index (χ2n) is 7.29. The van der Waals surface area contributed by atoms with E-state index in [2.05, 4.69) is 20.2 Å². The van der Waals surface area contributed by atoms with E-state index in [0.29, 0.717) is 30.4 Å². The average molecular weight is 402 g/mol. The Morgan fingerprint density at radius 3 is 2.50 bits per heavy atom. The highest BCUT2D eigenvalue weighted by Crippen LogP contribution is 2.27. The first-order valence-corrected chi connectivity index (χ1v) is 9.56. The lowest BCUT2D eigenvalue weighted by Crippen LogP contribution is -2.49. The van der Waals surface area contributed by atoms with Crippen molar-refractivity contribution in [2.75, 3.05) is 13.1 Å². The van der Waals surface area contributed by atoms with Gasteiger partial charge >= 0.3 is 5.97 Å². The summed E-state index contributed by atoms with van der Waals surface area (Å²) < 4.78 is 10.7. The normalized spacial score (nSPS) is 14.5. The summed E-state index contributed by atoms with van der Waals surface area (Å²) in [5.74, 6) is 0.167. The predicted octanol–water partition coefficient (Wildman–Crippen LogP) is 3.58. The molecule has 0 radical (unpaired) electrons. The summed E-state index contributed by atoms with van der Waals surface area (Å²) in [6.45, 7) is 1.91. The van der Waals surface area contributed by atoms with E-state index in [0.717, 1.165) is 23.2 Å². The Bertz CT molecular complexity index is 1160. The van der Waals surface area contributed by atoms with Crippen LogP contribution in [0, 0.1) is 5.92 Å². The zero-order valence-corrected chi connectivity index (χ0v) is 15.9. The zero-order chi connectivity index (χ0) is 20.5. The van der Waals surface area contributed by atoms with Crippen molar-refractivity contribution in [2.45, 2.75) is 6.54 Å². The third kappa shape index (κ3) is 3.60. The number of aromatic nitrogens is 3. The lowest BCUT2D eigenvalue weighted by Gasteiger charge is -2.36. The van der Waals surface area contributed by atoms with Crippen LogP contribution in [0.5, 0.6) is 0 Å². The summed E-state index contributed by atoms with van der Waals surface area (Å²) in [6, 6.07) is 19.3. The highest BCUT2D eigenvalue weighted by Gasteiger charge is 2.32. The molecule has 3 heterocycles. The van der Waals surface area contributed by atoms with Crippen LogP contribution < -0.4 is 0 Å². The van der Waals surface area contributed by atoms with Gasteiger partial charge < -0.3 is 14.2 Å². The van der Waals surface area contributed by atoms with E-state index in [4.69, 9.17) is 14.2 Å². The summed E-state index contributed by atoms with van der Waals surface area (Å²) >= 11 is 0. The van der Waals surface area contributed by atoms with E-state index in [1.54, 1.807) is 6.07 Å². The molecule has 0 aliphatic carbocycles. The van der Waals surface area contributed by atoms with Crippen LogP contribution in [0.4, 0.5) is 0 Å². The van der Waals surface area contributed by atoms with Gasteiger partial charge in [-0.1, -0.05) is 64.9 Å². The van der Waals surface area contributed by atoms with Gasteiger partial charge in [-0.05, 0) is 5.56 Å². The molecule has 0 unspecified atom stereocenters. The van der Waals surface area contributed by atoms with Gasteiger partial charge in [-0.2, -0.15) is 4.98 Å². The SMILES string of the molecule is O=C(O)C1CN(Cc2ccc(-c3noc(-c4cc(-c5ccccc5)no4)n3)cc2)C1. The fraction of sp³-hybridized carbons (Fsp3) is 0.182. The second kappa shape index (κ2) is 7.57. The van der Waals surface area contributed by atoms with Crippen LogP contribution >= 0.6 is 0 Å². The molecule has 8 heteroatoms. The maximum Gasteiger partial charge on any atom is 0.309 e. The monoisotopic (exact) mass is 402 g/mol. The average Bonchev–Trinajstić information content (AvgIpc) is 3.41. The molecule has 150 valence electrons. The number of hydrogen-bond donors (Lipinski definition) is 1. The maximum atomic E-state index is 10.9. The molecule has 1 aliphatic rings. The number of hydrogen-bond acceptors (Lipinski definition) is 7. The number of rotatable bonds is 6. The molecule has 2 aromatic carbocycles. The number of carboxylic acid groups (broad SMARTS) is 1. The van der Waals surface area contributed by atoms with Crippen LogP contribution in [0.25, 0.3) is 34.3 Å². The molecular formula is C22H18N4O4. The van der Waals surface area contributed by atoms with Crippen LogP contribution in [-0.4, -0.2) is 44.4 Å². The van der Waals surface area contributed by atoms with E-state index in [-0.39, 0.29) is 11.8 Å². The van der Waals surface area contributed by atoms with Crippen LogP contribution in [0.2, 0.25) is 0 Å². The number of benzene rings is 2. The van der Waals surface area contributed by atoms with E-state index in [1.165, 1.54) is 0 Å². The third-order valence-corrected chi connectivity index (χ3v) is 5.14. The molecule has 1 N–H and O–H groups in total. The minimum atomic E-state index is -0.725. The van der Waals surface area contributed by atoms with Crippen molar-refractivity contribution in [1.82, 2.24) is 20.2 Å². The van der Waals surface area contributed by atoms with E-state index in [1.807, 2.05) is 54.6 Å². The quantitative estimate of drug-likeness (QED) is 0.522. The minimum Gasteiger partial charge on any atom is -0.481 e. The number of likely N-dealkylation sites (tertiary alicyclic amines) is 1. The van der Waals surface area contributed by atoms with Crippen LogP contribution in [-0.2, 0) is 11.3 Å². The molecule has 1 saturated heterocycles. The topological polar surface area (TPSA) is 105 Å². The lowest BCUT2D eigenvalue weighted by molar-refractivity contribution is -0.147. The van der Waals surface area contributed by atoms with Crippen molar-refractivity contribution in [3.8, 4) is 34.3 Å². The van der Waals surface area contributed by atoms with Gasteiger partial charge in [-0.15, -0.1) is 0 Å². The van der Waals surface area contributed by atoms with E-state index < -0.39 is 5.97 Å². The van der Waals surface area contributed by atoms with Gasteiger partial charge in [-0.25, -0.2) is 0 Å². The minimum absolute atomic E-state index is 0.250. The molecule has 0 saturated carbocycles. The standard InChI is InChI=1S/C22H18N4O4/c27-22(28)17-12-26(13-17)11-14-6-8-16(9-7-14)20-23-21(30-25-20)19-10-18(24-29-19)15-4-2-1-3-5-15/h1-10,17H,11-13H2,(H,27,28). The van der Waals surface area contributed by atoms with Crippen molar-refractivity contribution in [3.63, 3.8) is 0 Å². The first kappa shape index (κ1) is 18.3. The molecule has 2 aromatic heterocycles. The molecule has 5 rings (SSSR count). The summed E-state index contributed by atoms with van der Waals surface area (Å²) in [5.41, 5.74) is 3.57. The van der Waals surface area contributed by atoms with Gasteiger partial charge in [0, 0.05) is 36.8 Å². The molecule has 0 amide bonds. The molecule has 4 aromatic rings. The molecular weight excluding hydrogens is 384 g/mol. The van der Waals surface area contributed by atoms with Crippen molar-refractivity contribution < 1.29 is 18.9 Å². The molecule has 0 spiro atoms. The maximum absolute atomic E-state index is 10.9. The van der Waals surface area contributed by atoms with Gasteiger partial charge in [0.1, 0.15) is 5.69 Å². The van der Waals surface area contributed by atoms with Crippen molar-refractivity contribution in [2.24, 2.45) is 5.92 Å². The Hall–Kier alpha value is -3.78. The van der Waals surface area contributed by atoms with Crippen LogP contribution in [0.15, 0.2) is 69.7 Å². The zero-order valence-electron chi connectivity index (χ0n) is 15.9. The fourth-order valence-corrected chi connectivity index (χ4v) is 3.43. The van der Waals surface area contributed by atoms with E-state index >= 15 is 0 Å². The summed E-state index contributed by atoms with van der Waals surface area (Å²) in [7, 11) is 0. The van der Waals surface area contributed by atoms with Gasteiger partial charge in [0.25, 0.3) is 5.89 Å². The number of aliphatic carboxylic acids is 1. The van der Waals surface area contributed by atoms with Gasteiger partial charge in [-0.3, -0.25) is 9.69 Å². The van der Waals surface area contributed by atoms with Gasteiger partial charge in [0.05, 0.1) is 5.92 Å². The highest BCUT2D eigenvalue weighted by molar-refractivity contribution is 5.71. The molecule has 0 bridgehead atoms. The largest absolute Gasteiger partial charge is 0.481 e. The van der Waals surface area contributed by atoms with Gasteiger partial charge in [0.2, 0.25) is 11.6 Å². The Morgan fingerprint density at radius 2 is 1.77 bits per heavy atom. The smallest absolute Gasteiger partial charge is 0.309 e. The molecule has 0 atom stereocenters. The van der Waals surface area contributed by atoms with Crippen molar-refractivity contribution in [3.05, 3.63) is 66.2 Å². The summed E-state index contributed by atoms with van der Waals surface area (Å²) in [5, 5.41) is 17.1. The molecule has 30 heavy (non-hydrogen) atoms. The Morgan fingerprint density at radius 1 is 1.00 bits per heavy atom. The summed E-state index contributed by atoms with van der Waals surface area (Å²) in [6.07, 6.45) is 0. The third-order valence-electron chi connectivity index (χ3n) is 5.14. The lowest BCUT2D eigenvalue weighted by atomic mass is 9.99. The molecule has 1 aliphatic heterocycles. The first-order chi connectivity index (χ1) is 14.7. The highest BCUT2D eigenvalue weighted by atomic mass is 16.5. The van der Waals surface area contributed by atoms with Gasteiger partial charge in [0.15, 0.2) is 0 Å². The number of carboxylic acids is 1. The molecule has 8 nitrogen and oxygen atoms in total. The van der Waals surface area contributed by atoms with Crippen molar-refractivity contribution >= 4 is 5.97 Å². The summed E-state index contributed by atoms with van der Waals surface area (Å²) in [4.78, 5) is 17.4.